The van der Waals surface area contributed by atoms with E-state index in [0.29, 0.717) is 44.4 Å². The summed E-state index contributed by atoms with van der Waals surface area (Å²) in [7, 11) is 0. The second-order valence-corrected chi connectivity index (χ2v) is 8.07. The molecule has 2 amide bonds. The van der Waals surface area contributed by atoms with E-state index < -0.39 is 0 Å². The summed E-state index contributed by atoms with van der Waals surface area (Å²) in [5.74, 6) is 1.00. The largest absolute Gasteiger partial charge is 0.339 e. The summed E-state index contributed by atoms with van der Waals surface area (Å²) in [6.45, 7) is 4.49. The summed E-state index contributed by atoms with van der Waals surface area (Å²) in [6, 6.07) is 9.89. The Morgan fingerprint density at radius 3 is 2.48 bits per heavy atom. The van der Waals surface area contributed by atoms with Crippen molar-refractivity contribution < 1.29 is 9.59 Å². The van der Waals surface area contributed by atoms with E-state index in [-0.39, 0.29) is 23.7 Å². The zero-order valence-electron chi connectivity index (χ0n) is 15.9. The minimum atomic E-state index is -0.172. The molecule has 0 unspecified atom stereocenters. The van der Waals surface area contributed by atoms with Crippen molar-refractivity contribution >= 4 is 24.2 Å². The Bertz CT molecular complexity index is 661. The molecule has 4 rings (SSSR count). The summed E-state index contributed by atoms with van der Waals surface area (Å²) in [5.41, 5.74) is 0.881. The lowest BCUT2D eigenvalue weighted by Crippen LogP contribution is -2.56. The van der Waals surface area contributed by atoms with E-state index in [0.717, 1.165) is 25.1 Å². The third kappa shape index (κ3) is 3.99. The van der Waals surface area contributed by atoms with Crippen LogP contribution in [0.3, 0.4) is 0 Å². The number of amides is 2. The zero-order chi connectivity index (χ0) is 18.0. The zero-order valence-corrected chi connectivity index (χ0v) is 16.7. The fraction of sp³-hybridized carbons (Fsp3) is 0.619. The van der Waals surface area contributed by atoms with Gasteiger partial charge in [0.1, 0.15) is 0 Å². The average molecular weight is 392 g/mol. The van der Waals surface area contributed by atoms with Crippen LogP contribution in [-0.4, -0.2) is 60.9 Å². The van der Waals surface area contributed by atoms with Crippen molar-refractivity contribution in [3.8, 4) is 0 Å². The second-order valence-electron chi connectivity index (χ2n) is 8.07. The van der Waals surface area contributed by atoms with Gasteiger partial charge in [0.25, 0.3) is 0 Å². The smallest absolute Gasteiger partial charge is 0.230 e. The van der Waals surface area contributed by atoms with E-state index in [4.69, 9.17) is 0 Å². The number of benzene rings is 1. The minimum Gasteiger partial charge on any atom is -0.339 e. The third-order valence-electron chi connectivity index (χ3n) is 6.58. The van der Waals surface area contributed by atoms with Gasteiger partial charge in [0.05, 0.1) is 11.8 Å². The van der Waals surface area contributed by atoms with E-state index >= 15 is 0 Å². The van der Waals surface area contributed by atoms with Crippen molar-refractivity contribution in [2.24, 2.45) is 11.3 Å². The highest BCUT2D eigenvalue weighted by atomic mass is 35.5. The predicted molar refractivity (Wildman–Crippen MR) is 108 cm³/mol. The molecule has 3 aliphatic rings. The van der Waals surface area contributed by atoms with Gasteiger partial charge in [-0.2, -0.15) is 0 Å². The Morgan fingerprint density at radius 1 is 1.04 bits per heavy atom. The molecule has 1 N–H and O–H groups in total. The van der Waals surface area contributed by atoms with Gasteiger partial charge in [0.15, 0.2) is 0 Å². The predicted octanol–water partition coefficient (Wildman–Crippen LogP) is 2.10. The van der Waals surface area contributed by atoms with Gasteiger partial charge in [-0.05, 0) is 30.9 Å². The van der Waals surface area contributed by atoms with E-state index in [1.807, 2.05) is 40.1 Å². The molecule has 5 nitrogen and oxygen atoms in total. The summed E-state index contributed by atoms with van der Waals surface area (Å²) in [6.07, 6.45) is 5.07. The van der Waals surface area contributed by atoms with Crippen molar-refractivity contribution in [1.82, 2.24) is 15.1 Å². The quantitative estimate of drug-likeness (QED) is 0.858. The fourth-order valence-electron chi connectivity index (χ4n) is 5.02. The standard InChI is InChI=1S/C21H29N3O2.ClH/c25-19(14-17-6-2-1-3-7-17)23-10-12-24(13-11-23)20(26)21-9-5-4-8-18(21)15-22-16-21;/h1-3,6-7,18,22H,4-5,8-16H2;1H/t18-,21+;/m0./s1. The minimum absolute atomic E-state index is 0. The molecule has 3 fully saturated rings. The number of hydrogen-bond donors (Lipinski definition) is 1. The van der Waals surface area contributed by atoms with Gasteiger partial charge in [-0.3, -0.25) is 9.59 Å². The van der Waals surface area contributed by atoms with Crippen LogP contribution in [0.25, 0.3) is 0 Å². The highest BCUT2D eigenvalue weighted by molar-refractivity contribution is 5.85. The molecule has 1 saturated carbocycles. The van der Waals surface area contributed by atoms with Crippen LogP contribution in [0.4, 0.5) is 0 Å². The Hall–Kier alpha value is -1.59. The van der Waals surface area contributed by atoms with Crippen LogP contribution in [0, 0.1) is 11.3 Å². The van der Waals surface area contributed by atoms with E-state index in [1.165, 1.54) is 19.3 Å². The lowest BCUT2D eigenvalue weighted by Gasteiger charge is -2.43. The van der Waals surface area contributed by atoms with Crippen molar-refractivity contribution in [3.05, 3.63) is 35.9 Å². The monoisotopic (exact) mass is 391 g/mol. The summed E-state index contributed by atoms with van der Waals surface area (Å²) in [4.78, 5) is 29.8. The van der Waals surface area contributed by atoms with Crippen LogP contribution in [0.2, 0.25) is 0 Å². The average Bonchev–Trinajstić information content (AvgIpc) is 3.13. The maximum atomic E-state index is 13.3. The van der Waals surface area contributed by atoms with Crippen molar-refractivity contribution in [2.45, 2.75) is 32.1 Å². The first-order chi connectivity index (χ1) is 12.7. The first kappa shape index (κ1) is 20.2. The Labute approximate surface area is 167 Å². The molecule has 148 valence electrons. The van der Waals surface area contributed by atoms with Gasteiger partial charge in [-0.1, -0.05) is 43.2 Å². The number of nitrogens with one attached hydrogen (secondary N) is 1. The molecular formula is C21H30ClN3O2. The molecule has 1 aromatic carbocycles. The lowest BCUT2D eigenvalue weighted by atomic mass is 9.67. The fourth-order valence-corrected chi connectivity index (χ4v) is 5.02. The number of halogens is 1. The Morgan fingerprint density at radius 2 is 1.74 bits per heavy atom. The van der Waals surface area contributed by atoms with Crippen LogP contribution in [0.1, 0.15) is 31.2 Å². The molecule has 27 heavy (non-hydrogen) atoms. The van der Waals surface area contributed by atoms with Gasteiger partial charge in [-0.15, -0.1) is 12.4 Å². The molecule has 0 bridgehead atoms. The number of fused-ring (bicyclic) bond motifs is 1. The number of carbonyl (C=O) groups is 2. The van der Waals surface area contributed by atoms with Crippen LogP contribution in [-0.2, 0) is 16.0 Å². The number of rotatable bonds is 3. The van der Waals surface area contributed by atoms with E-state index in [9.17, 15) is 9.59 Å². The number of carbonyl (C=O) groups excluding carboxylic acids is 2. The normalized spacial score (nSPS) is 27.6. The van der Waals surface area contributed by atoms with Gasteiger partial charge < -0.3 is 15.1 Å². The van der Waals surface area contributed by atoms with Crippen LogP contribution >= 0.6 is 12.4 Å². The Kier molecular flexibility index (Phi) is 6.43. The maximum absolute atomic E-state index is 13.3. The molecular weight excluding hydrogens is 362 g/mol. The molecule has 0 spiro atoms. The van der Waals surface area contributed by atoms with Crippen LogP contribution in [0.15, 0.2) is 30.3 Å². The molecule has 0 radical (unpaired) electrons. The molecule has 6 heteroatoms. The maximum Gasteiger partial charge on any atom is 0.230 e. The first-order valence-electron chi connectivity index (χ1n) is 10.0. The molecule has 2 aliphatic heterocycles. The van der Waals surface area contributed by atoms with Crippen molar-refractivity contribution in [3.63, 3.8) is 0 Å². The van der Waals surface area contributed by atoms with Crippen molar-refractivity contribution in [1.29, 1.82) is 0 Å². The SMILES string of the molecule is Cl.O=C(Cc1ccccc1)N1CCN(C(=O)[C@@]23CCCC[C@H]2CNC3)CC1. The summed E-state index contributed by atoms with van der Waals surface area (Å²) in [5, 5.41) is 3.47. The highest BCUT2D eigenvalue weighted by Crippen LogP contribution is 2.45. The topological polar surface area (TPSA) is 52.7 Å². The van der Waals surface area contributed by atoms with Gasteiger partial charge >= 0.3 is 0 Å². The van der Waals surface area contributed by atoms with Gasteiger partial charge in [0.2, 0.25) is 11.8 Å². The Balaban J connectivity index is 0.00000210. The van der Waals surface area contributed by atoms with E-state index in [2.05, 4.69) is 5.32 Å². The molecule has 2 heterocycles. The lowest BCUT2D eigenvalue weighted by molar-refractivity contribution is -0.149. The number of nitrogens with zero attached hydrogens (tertiary/aromatic N) is 2. The second kappa shape index (κ2) is 8.61. The third-order valence-corrected chi connectivity index (χ3v) is 6.58. The number of hydrogen-bond acceptors (Lipinski definition) is 3. The first-order valence-corrected chi connectivity index (χ1v) is 10.0. The highest BCUT2D eigenvalue weighted by Gasteiger charge is 2.51. The molecule has 2 saturated heterocycles. The molecule has 0 aromatic heterocycles. The summed E-state index contributed by atoms with van der Waals surface area (Å²) < 4.78 is 0. The van der Waals surface area contributed by atoms with Gasteiger partial charge in [0, 0.05) is 32.7 Å². The molecule has 2 atom stereocenters. The summed E-state index contributed by atoms with van der Waals surface area (Å²) >= 11 is 0. The van der Waals surface area contributed by atoms with Crippen LogP contribution in [0.5, 0.6) is 0 Å². The molecule has 1 aromatic rings. The number of piperazine rings is 1. The van der Waals surface area contributed by atoms with E-state index in [1.54, 1.807) is 0 Å². The van der Waals surface area contributed by atoms with Crippen LogP contribution < -0.4 is 5.32 Å². The van der Waals surface area contributed by atoms with Crippen molar-refractivity contribution in [2.75, 3.05) is 39.3 Å². The molecule has 1 aliphatic carbocycles. The van der Waals surface area contributed by atoms with Gasteiger partial charge in [-0.25, -0.2) is 0 Å².